The van der Waals surface area contributed by atoms with E-state index in [4.69, 9.17) is 4.74 Å². The number of nitrogens with zero attached hydrogens (tertiary/aromatic N) is 2. The molecule has 0 saturated carbocycles. The molecule has 0 radical (unpaired) electrons. The maximum atomic E-state index is 13.0. The third kappa shape index (κ3) is 5.58. The van der Waals surface area contributed by atoms with Crippen molar-refractivity contribution in [3.8, 4) is 11.3 Å². The van der Waals surface area contributed by atoms with Gasteiger partial charge in [-0.05, 0) is 49.6 Å². The van der Waals surface area contributed by atoms with Crippen LogP contribution in [0.5, 0.6) is 0 Å². The molecule has 1 aliphatic rings. The van der Waals surface area contributed by atoms with Gasteiger partial charge in [0.1, 0.15) is 5.82 Å². The number of likely N-dealkylation sites (tertiary alicyclic amines) is 1. The summed E-state index contributed by atoms with van der Waals surface area (Å²) in [5.41, 5.74) is 2.04. The van der Waals surface area contributed by atoms with Crippen LogP contribution in [0, 0.1) is 11.7 Å². The Labute approximate surface area is 159 Å². The summed E-state index contributed by atoms with van der Waals surface area (Å²) in [6, 6.07) is 10.3. The second-order valence-electron chi connectivity index (χ2n) is 6.95. The molecule has 1 aromatic heterocycles. The highest BCUT2D eigenvalue weighted by molar-refractivity contribution is 5.95. The molecule has 2 aromatic rings. The maximum Gasteiger partial charge on any atom is 0.251 e. The Bertz CT molecular complexity index is 751. The van der Waals surface area contributed by atoms with Gasteiger partial charge in [0, 0.05) is 44.5 Å². The first-order valence-corrected chi connectivity index (χ1v) is 9.37. The number of pyridine rings is 1. The summed E-state index contributed by atoms with van der Waals surface area (Å²) in [5.74, 6) is 0.0238. The number of carbonyl (C=O) groups excluding carboxylic acids is 1. The maximum absolute atomic E-state index is 13.0. The number of halogens is 1. The van der Waals surface area contributed by atoms with Gasteiger partial charge in [-0.15, -0.1) is 0 Å². The number of benzene rings is 1. The summed E-state index contributed by atoms with van der Waals surface area (Å²) in [4.78, 5) is 19.0. The molecule has 1 N–H and O–H groups in total. The van der Waals surface area contributed by atoms with Crippen molar-refractivity contribution in [1.82, 2.24) is 15.2 Å². The first-order chi connectivity index (χ1) is 13.2. The quantitative estimate of drug-likeness (QED) is 0.725. The van der Waals surface area contributed by atoms with E-state index in [0.717, 1.165) is 44.6 Å². The molecule has 1 saturated heterocycles. The third-order valence-electron chi connectivity index (χ3n) is 4.89. The number of methoxy groups -OCH3 is 1. The van der Waals surface area contributed by atoms with Gasteiger partial charge in [-0.25, -0.2) is 4.39 Å². The molecule has 1 atom stereocenters. The molecule has 6 heteroatoms. The third-order valence-corrected chi connectivity index (χ3v) is 4.89. The molecule has 3 rings (SSSR count). The lowest BCUT2D eigenvalue weighted by Crippen LogP contribution is -2.31. The molecule has 0 spiro atoms. The van der Waals surface area contributed by atoms with Crippen LogP contribution in [0.15, 0.2) is 42.6 Å². The Morgan fingerprint density at radius 1 is 1.37 bits per heavy atom. The number of ether oxygens (including phenoxy) is 1. The van der Waals surface area contributed by atoms with Crippen LogP contribution in [0.1, 0.15) is 23.2 Å². The van der Waals surface area contributed by atoms with E-state index in [9.17, 15) is 9.18 Å². The van der Waals surface area contributed by atoms with Gasteiger partial charge in [-0.1, -0.05) is 12.1 Å². The molecule has 27 heavy (non-hydrogen) atoms. The molecule has 1 amide bonds. The van der Waals surface area contributed by atoms with Crippen molar-refractivity contribution < 1.29 is 13.9 Å². The second-order valence-corrected chi connectivity index (χ2v) is 6.95. The van der Waals surface area contributed by atoms with E-state index in [0.29, 0.717) is 23.7 Å². The van der Waals surface area contributed by atoms with E-state index in [1.165, 1.54) is 12.3 Å². The second kappa shape index (κ2) is 9.58. The lowest BCUT2D eigenvalue weighted by Gasteiger charge is -2.16. The van der Waals surface area contributed by atoms with Gasteiger partial charge in [0.2, 0.25) is 0 Å². The standard InChI is InChI=1S/C21H26FN3O2/c1-27-11-3-9-25-10-8-16(15-25)13-24-21(26)18-5-2-4-17(12-18)20-7-6-19(22)14-23-20/h2,4-7,12,14,16H,3,8-11,13,15H2,1H3,(H,24,26)/t16-/m0/s1. The van der Waals surface area contributed by atoms with Crippen LogP contribution in [0.3, 0.4) is 0 Å². The highest BCUT2D eigenvalue weighted by Gasteiger charge is 2.22. The minimum atomic E-state index is -0.375. The Hall–Kier alpha value is -2.31. The average molecular weight is 371 g/mol. The van der Waals surface area contributed by atoms with Crippen LogP contribution < -0.4 is 5.32 Å². The predicted molar refractivity (Wildman–Crippen MR) is 103 cm³/mol. The largest absolute Gasteiger partial charge is 0.385 e. The smallest absolute Gasteiger partial charge is 0.251 e. The van der Waals surface area contributed by atoms with Gasteiger partial charge >= 0.3 is 0 Å². The summed E-state index contributed by atoms with van der Waals surface area (Å²) >= 11 is 0. The van der Waals surface area contributed by atoms with Gasteiger partial charge < -0.3 is 15.0 Å². The summed E-state index contributed by atoms with van der Waals surface area (Å²) in [7, 11) is 1.73. The fourth-order valence-electron chi connectivity index (χ4n) is 3.42. The normalized spacial score (nSPS) is 17.2. The minimum Gasteiger partial charge on any atom is -0.385 e. The van der Waals surface area contributed by atoms with E-state index in [1.54, 1.807) is 25.3 Å². The fourth-order valence-corrected chi connectivity index (χ4v) is 3.42. The number of amides is 1. The van der Waals surface area contributed by atoms with Crippen molar-refractivity contribution in [1.29, 1.82) is 0 Å². The molecule has 1 fully saturated rings. The highest BCUT2D eigenvalue weighted by atomic mass is 19.1. The predicted octanol–water partition coefficient (Wildman–Crippen LogP) is 2.98. The molecule has 0 bridgehead atoms. The minimum absolute atomic E-state index is 0.0863. The number of nitrogens with one attached hydrogen (secondary N) is 1. The molecule has 0 aliphatic carbocycles. The monoisotopic (exact) mass is 371 g/mol. The van der Waals surface area contributed by atoms with E-state index in [1.807, 2.05) is 12.1 Å². The molecule has 1 aromatic carbocycles. The summed E-state index contributed by atoms with van der Waals surface area (Å²) in [5, 5.41) is 3.05. The Balaban J connectivity index is 1.51. The van der Waals surface area contributed by atoms with Crippen LogP contribution in [0.2, 0.25) is 0 Å². The van der Waals surface area contributed by atoms with E-state index >= 15 is 0 Å². The van der Waals surface area contributed by atoms with Crippen molar-refractivity contribution in [2.24, 2.45) is 5.92 Å². The number of hydrogen-bond donors (Lipinski definition) is 1. The van der Waals surface area contributed by atoms with Crippen LogP contribution in [-0.4, -0.2) is 55.7 Å². The molecular formula is C21H26FN3O2. The fraction of sp³-hybridized carbons (Fsp3) is 0.429. The Morgan fingerprint density at radius 3 is 3.04 bits per heavy atom. The molecule has 2 heterocycles. The van der Waals surface area contributed by atoms with Crippen molar-refractivity contribution in [2.75, 3.05) is 39.9 Å². The number of hydrogen-bond acceptors (Lipinski definition) is 4. The zero-order chi connectivity index (χ0) is 19.1. The molecule has 144 valence electrons. The summed E-state index contributed by atoms with van der Waals surface area (Å²) in [6.45, 7) is 4.61. The SMILES string of the molecule is COCCCN1CC[C@@H](CNC(=O)c2cccc(-c3ccc(F)cn3)c2)C1. The Morgan fingerprint density at radius 2 is 2.26 bits per heavy atom. The first-order valence-electron chi connectivity index (χ1n) is 9.37. The van der Waals surface area contributed by atoms with Crippen LogP contribution in [0.25, 0.3) is 11.3 Å². The summed E-state index contributed by atoms with van der Waals surface area (Å²) in [6.07, 6.45) is 3.33. The zero-order valence-corrected chi connectivity index (χ0v) is 15.7. The summed E-state index contributed by atoms with van der Waals surface area (Å²) < 4.78 is 18.1. The molecule has 1 aliphatic heterocycles. The molecular weight excluding hydrogens is 345 g/mol. The van der Waals surface area contributed by atoms with Gasteiger partial charge in [-0.3, -0.25) is 9.78 Å². The van der Waals surface area contributed by atoms with Crippen molar-refractivity contribution in [3.63, 3.8) is 0 Å². The molecule has 5 nitrogen and oxygen atoms in total. The average Bonchev–Trinajstić information content (AvgIpc) is 3.15. The first kappa shape index (κ1) is 19.5. The lowest BCUT2D eigenvalue weighted by molar-refractivity contribution is 0.0947. The van der Waals surface area contributed by atoms with E-state index in [-0.39, 0.29) is 11.7 Å². The van der Waals surface area contributed by atoms with E-state index in [2.05, 4.69) is 15.2 Å². The highest BCUT2D eigenvalue weighted by Crippen LogP contribution is 2.19. The van der Waals surface area contributed by atoms with Gasteiger partial charge in [0.05, 0.1) is 11.9 Å². The number of carbonyl (C=O) groups is 1. The van der Waals surface area contributed by atoms with Crippen molar-refractivity contribution >= 4 is 5.91 Å². The number of aromatic nitrogens is 1. The van der Waals surface area contributed by atoms with Gasteiger partial charge in [0.25, 0.3) is 5.91 Å². The van der Waals surface area contributed by atoms with Crippen LogP contribution in [0.4, 0.5) is 4.39 Å². The Kier molecular flexibility index (Phi) is 6.90. The van der Waals surface area contributed by atoms with Gasteiger partial charge in [-0.2, -0.15) is 0 Å². The van der Waals surface area contributed by atoms with E-state index < -0.39 is 0 Å². The molecule has 0 unspecified atom stereocenters. The topological polar surface area (TPSA) is 54.5 Å². The van der Waals surface area contributed by atoms with Crippen molar-refractivity contribution in [3.05, 3.63) is 54.0 Å². The number of rotatable bonds is 8. The van der Waals surface area contributed by atoms with Crippen LogP contribution >= 0.6 is 0 Å². The van der Waals surface area contributed by atoms with Crippen LogP contribution in [-0.2, 0) is 4.74 Å². The van der Waals surface area contributed by atoms with Gasteiger partial charge in [0.15, 0.2) is 0 Å². The lowest BCUT2D eigenvalue weighted by atomic mass is 10.1. The van der Waals surface area contributed by atoms with Crippen molar-refractivity contribution in [2.45, 2.75) is 12.8 Å². The zero-order valence-electron chi connectivity index (χ0n) is 15.7.